The smallest absolute Gasteiger partial charge is 0.462 e. The molecule has 0 spiro atoms. The summed E-state index contributed by atoms with van der Waals surface area (Å²) in [5.41, 5.74) is 0. The molecule has 19 heteroatoms. The van der Waals surface area contributed by atoms with Crippen LogP contribution in [-0.4, -0.2) is 96.7 Å². The molecule has 101 heavy (non-hydrogen) atoms. The molecule has 0 aliphatic carbocycles. The molecule has 0 saturated heterocycles. The fraction of sp³-hybridized carbons (Fsp3) is 0.951. The highest BCUT2D eigenvalue weighted by molar-refractivity contribution is 7.47. The first-order valence-corrected chi connectivity index (χ1v) is 45.6. The van der Waals surface area contributed by atoms with Crippen LogP contribution >= 0.6 is 15.6 Å². The summed E-state index contributed by atoms with van der Waals surface area (Å²) in [6.45, 7) is 7.34. The molecular weight excluding hydrogens is 1320 g/mol. The molecule has 3 N–H and O–H groups in total. The lowest BCUT2D eigenvalue weighted by molar-refractivity contribution is -0.161. The van der Waals surface area contributed by atoms with Gasteiger partial charge in [-0.05, 0) is 31.6 Å². The van der Waals surface area contributed by atoms with Gasteiger partial charge in [0.2, 0.25) is 0 Å². The van der Waals surface area contributed by atoms with E-state index in [1.54, 1.807) is 0 Å². The second kappa shape index (κ2) is 74.9. The lowest BCUT2D eigenvalue weighted by atomic mass is 10.0. The van der Waals surface area contributed by atoms with Crippen molar-refractivity contribution in [3.05, 3.63) is 0 Å². The van der Waals surface area contributed by atoms with E-state index in [0.29, 0.717) is 25.7 Å². The number of carbonyl (C=O) groups is 4. The molecule has 0 saturated carbocycles. The van der Waals surface area contributed by atoms with Crippen molar-refractivity contribution < 1.29 is 80.2 Å². The molecule has 2 unspecified atom stereocenters. The van der Waals surface area contributed by atoms with Gasteiger partial charge in [0, 0.05) is 25.7 Å². The Bertz CT molecular complexity index is 1930. The summed E-state index contributed by atoms with van der Waals surface area (Å²) in [5.74, 6) is -1.34. The highest BCUT2D eigenvalue weighted by Crippen LogP contribution is 2.45. The van der Waals surface area contributed by atoms with Crippen molar-refractivity contribution in [2.75, 3.05) is 39.6 Å². The maximum atomic E-state index is 13.1. The lowest BCUT2D eigenvalue weighted by Crippen LogP contribution is -2.30. The number of aliphatic hydroxyl groups excluding tert-OH is 1. The maximum absolute atomic E-state index is 13.1. The molecule has 0 rings (SSSR count). The quantitative estimate of drug-likeness (QED) is 0.0222. The Kier molecular flexibility index (Phi) is 73.5. The minimum absolute atomic E-state index is 0.107. The van der Waals surface area contributed by atoms with Gasteiger partial charge < -0.3 is 33.8 Å². The summed E-state index contributed by atoms with van der Waals surface area (Å²) in [4.78, 5) is 73.1. The van der Waals surface area contributed by atoms with E-state index in [0.717, 1.165) is 95.8 Å². The van der Waals surface area contributed by atoms with Gasteiger partial charge >= 0.3 is 39.5 Å². The van der Waals surface area contributed by atoms with Crippen LogP contribution in [0.15, 0.2) is 0 Å². The van der Waals surface area contributed by atoms with Crippen LogP contribution in [0.2, 0.25) is 0 Å². The number of phosphoric acid groups is 2. The predicted molar refractivity (Wildman–Crippen MR) is 414 cm³/mol. The third-order valence-electron chi connectivity index (χ3n) is 19.3. The van der Waals surface area contributed by atoms with Crippen molar-refractivity contribution >= 4 is 39.5 Å². The van der Waals surface area contributed by atoms with E-state index in [9.17, 15) is 43.2 Å². The SMILES string of the molecule is CCCCCCCCCCCCCCCCCCCCCCC(=O)O[C@H](COC(=O)CCCCCCCCCCCCCCCCCC)COP(=O)(O)OC[C@@H](O)COP(=O)(O)OC[C@@H](COC(=O)CCCCCCCCCCCCC)OC(=O)CCCCCCCCCCCCCC(C)C. The Hall–Kier alpha value is -1.94. The number of hydrogen-bond acceptors (Lipinski definition) is 15. The Morgan fingerprint density at radius 1 is 0.267 bits per heavy atom. The first-order valence-electron chi connectivity index (χ1n) is 42.6. The second-order valence-electron chi connectivity index (χ2n) is 30.0. The van der Waals surface area contributed by atoms with Crippen molar-refractivity contribution in [1.82, 2.24) is 0 Å². The highest BCUT2D eigenvalue weighted by atomic mass is 31.2. The van der Waals surface area contributed by atoms with Crippen LogP contribution in [-0.2, 0) is 65.4 Å². The number of carbonyl (C=O) groups excluding carboxylic acids is 4. The van der Waals surface area contributed by atoms with Gasteiger partial charge in [0.15, 0.2) is 12.2 Å². The highest BCUT2D eigenvalue weighted by Gasteiger charge is 2.30. The third kappa shape index (κ3) is 76.1. The fourth-order valence-corrected chi connectivity index (χ4v) is 14.3. The van der Waals surface area contributed by atoms with E-state index in [1.807, 2.05) is 0 Å². The first-order chi connectivity index (χ1) is 49.0. The molecule has 600 valence electrons. The standard InChI is InChI=1S/C82H160O17P2/c1-6-9-12-15-18-21-24-26-28-30-31-32-33-35-37-42-47-52-57-62-67-81(86)98-78(72-93-80(85)66-61-56-51-46-41-36-34-29-27-25-22-19-16-13-10-7-2)74-97-101(90,91)95-70-76(83)69-94-100(88,89)96-73-77(71-92-79(84)65-60-55-50-45-39-23-20-17-14-11-8-3)99-82(87)68-63-58-53-48-43-38-40-44-49-54-59-64-75(4)5/h75-78,83H,6-74H2,1-5H3,(H,88,89)(H,90,91)/t76-,77+,78+/m0/s1. The topological polar surface area (TPSA) is 237 Å². The Morgan fingerprint density at radius 2 is 0.455 bits per heavy atom. The van der Waals surface area contributed by atoms with Gasteiger partial charge in [-0.15, -0.1) is 0 Å². The molecule has 0 radical (unpaired) electrons. The van der Waals surface area contributed by atoms with Crippen LogP contribution in [0.1, 0.15) is 439 Å². The summed E-state index contributed by atoms with van der Waals surface area (Å²) in [5, 5.41) is 10.6. The van der Waals surface area contributed by atoms with Gasteiger partial charge in [-0.2, -0.15) is 0 Å². The predicted octanol–water partition coefficient (Wildman–Crippen LogP) is 24.8. The zero-order valence-corrected chi connectivity index (χ0v) is 67.8. The van der Waals surface area contributed by atoms with Gasteiger partial charge in [-0.25, -0.2) is 9.13 Å². The van der Waals surface area contributed by atoms with Crippen molar-refractivity contribution in [2.45, 2.75) is 457 Å². The van der Waals surface area contributed by atoms with Crippen LogP contribution in [0.3, 0.4) is 0 Å². The van der Waals surface area contributed by atoms with Crippen LogP contribution < -0.4 is 0 Å². The molecule has 5 atom stereocenters. The number of rotatable bonds is 82. The monoisotopic (exact) mass is 1480 g/mol. The molecule has 0 heterocycles. The molecular formula is C82H160O17P2. The Morgan fingerprint density at radius 3 is 0.673 bits per heavy atom. The molecule has 0 aromatic carbocycles. The molecule has 0 aliphatic rings. The summed E-state index contributed by atoms with van der Waals surface area (Å²) in [7, 11) is -9.92. The normalized spacial score (nSPS) is 13.8. The van der Waals surface area contributed by atoms with E-state index in [1.165, 1.54) is 263 Å². The minimum atomic E-state index is -4.96. The average molecular weight is 1480 g/mol. The van der Waals surface area contributed by atoms with Gasteiger partial charge in [-0.3, -0.25) is 37.3 Å². The second-order valence-corrected chi connectivity index (χ2v) is 32.9. The van der Waals surface area contributed by atoms with Gasteiger partial charge in [0.25, 0.3) is 0 Å². The zero-order chi connectivity index (χ0) is 74.1. The molecule has 17 nitrogen and oxygen atoms in total. The minimum Gasteiger partial charge on any atom is -0.462 e. The molecule has 0 aliphatic heterocycles. The summed E-state index contributed by atoms with van der Waals surface area (Å²) in [6, 6.07) is 0. The number of unbranched alkanes of at least 4 members (excludes halogenated alkanes) is 54. The summed E-state index contributed by atoms with van der Waals surface area (Å²) < 4.78 is 68.8. The maximum Gasteiger partial charge on any atom is 0.472 e. The van der Waals surface area contributed by atoms with E-state index in [4.69, 9.17) is 37.0 Å². The van der Waals surface area contributed by atoms with E-state index in [-0.39, 0.29) is 25.7 Å². The summed E-state index contributed by atoms with van der Waals surface area (Å²) >= 11 is 0. The van der Waals surface area contributed by atoms with E-state index >= 15 is 0 Å². The van der Waals surface area contributed by atoms with Gasteiger partial charge in [-0.1, -0.05) is 388 Å². The van der Waals surface area contributed by atoms with Crippen LogP contribution in [0, 0.1) is 5.92 Å². The largest absolute Gasteiger partial charge is 0.472 e. The summed E-state index contributed by atoms with van der Waals surface area (Å²) in [6.07, 6.45) is 66.5. The van der Waals surface area contributed by atoms with Crippen molar-refractivity contribution in [3.8, 4) is 0 Å². The number of hydrogen-bond donors (Lipinski definition) is 3. The number of esters is 4. The zero-order valence-electron chi connectivity index (χ0n) is 66.1. The molecule has 0 amide bonds. The van der Waals surface area contributed by atoms with Crippen molar-refractivity contribution in [2.24, 2.45) is 5.92 Å². The van der Waals surface area contributed by atoms with Gasteiger partial charge in [0.05, 0.1) is 26.4 Å². The van der Waals surface area contributed by atoms with Crippen LogP contribution in [0.25, 0.3) is 0 Å². The first kappa shape index (κ1) is 99.1. The Labute approximate surface area is 619 Å². The van der Waals surface area contributed by atoms with Crippen molar-refractivity contribution in [1.29, 1.82) is 0 Å². The lowest BCUT2D eigenvalue weighted by Gasteiger charge is -2.21. The Balaban J connectivity index is 5.24. The number of aliphatic hydroxyl groups is 1. The number of ether oxygens (including phenoxy) is 4. The van der Waals surface area contributed by atoms with E-state index in [2.05, 4.69) is 34.6 Å². The van der Waals surface area contributed by atoms with Gasteiger partial charge in [0.1, 0.15) is 19.3 Å². The molecule has 0 bridgehead atoms. The van der Waals surface area contributed by atoms with E-state index < -0.39 is 97.5 Å². The van der Waals surface area contributed by atoms with Crippen LogP contribution in [0.4, 0.5) is 0 Å². The van der Waals surface area contributed by atoms with Crippen LogP contribution in [0.5, 0.6) is 0 Å². The molecule has 0 aromatic rings. The van der Waals surface area contributed by atoms with Crippen molar-refractivity contribution in [3.63, 3.8) is 0 Å². The number of phosphoric ester groups is 2. The molecule has 0 fully saturated rings. The average Bonchev–Trinajstić information content (AvgIpc) is 1.15. The third-order valence-corrected chi connectivity index (χ3v) is 21.2. The molecule has 0 aromatic heterocycles. The fourth-order valence-electron chi connectivity index (χ4n) is 12.8.